The van der Waals surface area contributed by atoms with Gasteiger partial charge in [-0.3, -0.25) is 9.69 Å². The number of nitrogens with zero attached hydrogens (tertiary/aromatic N) is 1. The van der Waals surface area contributed by atoms with Gasteiger partial charge in [0.05, 0.1) is 6.61 Å². The van der Waals surface area contributed by atoms with Crippen molar-refractivity contribution in [2.45, 2.75) is 26.8 Å². The molecule has 2 N–H and O–H groups in total. The molecule has 0 aliphatic carbocycles. The molecule has 0 radical (unpaired) electrons. The van der Waals surface area contributed by atoms with E-state index in [0.717, 1.165) is 23.4 Å². The van der Waals surface area contributed by atoms with Crippen molar-refractivity contribution in [3.63, 3.8) is 0 Å². The molecule has 0 unspecified atom stereocenters. The lowest BCUT2D eigenvalue weighted by atomic mass is 10.1. The maximum Gasteiger partial charge on any atom is 0.225 e. The molecule has 0 heterocycles. The molecule has 2 aromatic rings. The van der Waals surface area contributed by atoms with Crippen LogP contribution in [-0.4, -0.2) is 35.6 Å². The zero-order chi connectivity index (χ0) is 17.4. The van der Waals surface area contributed by atoms with Crippen LogP contribution in [0.15, 0.2) is 48.5 Å². The van der Waals surface area contributed by atoms with Crippen molar-refractivity contribution < 1.29 is 9.90 Å². The van der Waals surface area contributed by atoms with E-state index in [4.69, 9.17) is 0 Å². The number of amides is 1. The molecule has 24 heavy (non-hydrogen) atoms. The number of rotatable bonds is 8. The highest BCUT2D eigenvalue weighted by atomic mass is 16.3. The highest BCUT2D eigenvalue weighted by Gasteiger charge is 2.09. The highest BCUT2D eigenvalue weighted by molar-refractivity contribution is 5.91. The fourth-order valence-corrected chi connectivity index (χ4v) is 2.78. The topological polar surface area (TPSA) is 52.6 Å². The van der Waals surface area contributed by atoms with Gasteiger partial charge in [0.15, 0.2) is 0 Å². The van der Waals surface area contributed by atoms with Gasteiger partial charge in [0.25, 0.3) is 0 Å². The molecule has 0 aliphatic heterocycles. The fraction of sp³-hybridized carbons (Fsp3) is 0.350. The van der Waals surface area contributed by atoms with Gasteiger partial charge in [0, 0.05) is 31.7 Å². The molecule has 128 valence electrons. The van der Waals surface area contributed by atoms with E-state index in [-0.39, 0.29) is 12.5 Å². The Kier molecular flexibility index (Phi) is 6.97. The smallest absolute Gasteiger partial charge is 0.225 e. The molecule has 0 fully saturated rings. The fourth-order valence-electron chi connectivity index (χ4n) is 2.78. The van der Waals surface area contributed by atoms with Gasteiger partial charge < -0.3 is 10.4 Å². The quantitative estimate of drug-likeness (QED) is 0.783. The van der Waals surface area contributed by atoms with E-state index in [9.17, 15) is 9.90 Å². The number of nitrogens with one attached hydrogen (secondary N) is 1. The first kappa shape index (κ1) is 18.2. The van der Waals surface area contributed by atoms with Crippen LogP contribution in [0, 0.1) is 13.8 Å². The van der Waals surface area contributed by atoms with Crippen LogP contribution in [0.4, 0.5) is 5.69 Å². The molecule has 0 bridgehead atoms. The van der Waals surface area contributed by atoms with Crippen molar-refractivity contribution in [1.82, 2.24) is 4.90 Å². The average Bonchev–Trinajstić information content (AvgIpc) is 2.53. The molecule has 0 saturated carbocycles. The largest absolute Gasteiger partial charge is 0.395 e. The first-order valence-corrected chi connectivity index (χ1v) is 8.32. The minimum Gasteiger partial charge on any atom is -0.395 e. The molecule has 4 heteroatoms. The van der Waals surface area contributed by atoms with Crippen LogP contribution in [-0.2, 0) is 11.3 Å². The van der Waals surface area contributed by atoms with E-state index in [1.54, 1.807) is 0 Å². The van der Waals surface area contributed by atoms with Crippen LogP contribution in [0.5, 0.6) is 0 Å². The number of anilines is 1. The second-order valence-corrected chi connectivity index (χ2v) is 6.16. The second kappa shape index (κ2) is 9.21. The Bertz CT molecular complexity index is 636. The summed E-state index contributed by atoms with van der Waals surface area (Å²) < 4.78 is 0. The van der Waals surface area contributed by atoms with Crippen molar-refractivity contribution in [2.75, 3.05) is 25.0 Å². The molecule has 0 spiro atoms. The number of carbonyl (C=O) groups is 1. The summed E-state index contributed by atoms with van der Waals surface area (Å²) in [5.41, 5.74) is 4.29. The summed E-state index contributed by atoms with van der Waals surface area (Å²) in [6.45, 7) is 6.04. The Hall–Kier alpha value is -2.17. The summed E-state index contributed by atoms with van der Waals surface area (Å²) in [5.74, 6) is -0.00370. The van der Waals surface area contributed by atoms with Crippen LogP contribution >= 0.6 is 0 Å². The number of hydrogen-bond donors (Lipinski definition) is 2. The van der Waals surface area contributed by atoms with E-state index in [2.05, 4.69) is 28.4 Å². The van der Waals surface area contributed by atoms with Gasteiger partial charge in [-0.15, -0.1) is 0 Å². The van der Waals surface area contributed by atoms with Gasteiger partial charge in [-0.2, -0.15) is 0 Å². The number of benzene rings is 2. The van der Waals surface area contributed by atoms with Gasteiger partial charge >= 0.3 is 0 Å². The lowest BCUT2D eigenvalue weighted by Crippen LogP contribution is -2.30. The minimum atomic E-state index is -0.00370. The summed E-state index contributed by atoms with van der Waals surface area (Å²) in [6, 6.07) is 16.1. The zero-order valence-electron chi connectivity index (χ0n) is 14.5. The van der Waals surface area contributed by atoms with Gasteiger partial charge in [0.2, 0.25) is 5.91 Å². The van der Waals surface area contributed by atoms with E-state index < -0.39 is 0 Å². The molecule has 4 nitrogen and oxygen atoms in total. The van der Waals surface area contributed by atoms with E-state index in [1.165, 1.54) is 5.56 Å². The number of hydrogen-bond acceptors (Lipinski definition) is 3. The lowest BCUT2D eigenvalue weighted by Gasteiger charge is -2.21. The summed E-state index contributed by atoms with van der Waals surface area (Å²) in [5, 5.41) is 12.2. The normalized spacial score (nSPS) is 10.8. The molecule has 2 aromatic carbocycles. The molecule has 2 rings (SSSR count). The van der Waals surface area contributed by atoms with Crippen molar-refractivity contribution in [1.29, 1.82) is 0 Å². The minimum absolute atomic E-state index is 0.00370. The van der Waals surface area contributed by atoms with Gasteiger partial charge in [0.1, 0.15) is 0 Å². The van der Waals surface area contributed by atoms with E-state index in [0.29, 0.717) is 19.5 Å². The first-order valence-electron chi connectivity index (χ1n) is 8.32. The Morgan fingerprint density at radius 2 is 1.71 bits per heavy atom. The number of aryl methyl sites for hydroxylation is 2. The Morgan fingerprint density at radius 3 is 2.33 bits per heavy atom. The molecular weight excluding hydrogens is 300 g/mol. The number of aliphatic hydroxyl groups is 1. The summed E-state index contributed by atoms with van der Waals surface area (Å²) in [6.07, 6.45) is 0.403. The standard InChI is InChI=1S/C20H26N2O2/c1-16-12-17(2)14-19(13-16)21-20(24)8-9-22(10-11-23)15-18-6-4-3-5-7-18/h3-7,12-14,23H,8-11,15H2,1-2H3,(H,21,24). The third-order valence-electron chi connectivity index (χ3n) is 3.83. The monoisotopic (exact) mass is 326 g/mol. The zero-order valence-corrected chi connectivity index (χ0v) is 14.5. The Morgan fingerprint density at radius 1 is 1.04 bits per heavy atom. The van der Waals surface area contributed by atoms with Crippen molar-refractivity contribution in [3.8, 4) is 0 Å². The molecule has 0 saturated heterocycles. The van der Waals surface area contributed by atoms with Gasteiger partial charge in [-0.1, -0.05) is 36.4 Å². The summed E-state index contributed by atoms with van der Waals surface area (Å²) in [4.78, 5) is 14.3. The van der Waals surface area contributed by atoms with Crippen LogP contribution < -0.4 is 5.32 Å². The van der Waals surface area contributed by atoms with Gasteiger partial charge in [-0.25, -0.2) is 0 Å². The molecule has 1 amide bonds. The lowest BCUT2D eigenvalue weighted by molar-refractivity contribution is -0.116. The Balaban J connectivity index is 1.87. The van der Waals surface area contributed by atoms with Crippen molar-refractivity contribution in [3.05, 3.63) is 65.2 Å². The predicted octanol–water partition coefficient (Wildman–Crippen LogP) is 3.13. The van der Waals surface area contributed by atoms with Crippen LogP contribution in [0.2, 0.25) is 0 Å². The molecular formula is C20H26N2O2. The van der Waals surface area contributed by atoms with Crippen LogP contribution in [0.3, 0.4) is 0 Å². The molecule has 0 atom stereocenters. The average molecular weight is 326 g/mol. The maximum atomic E-state index is 12.2. The molecule has 0 aliphatic rings. The second-order valence-electron chi connectivity index (χ2n) is 6.16. The van der Waals surface area contributed by atoms with Gasteiger partial charge in [-0.05, 0) is 42.7 Å². The summed E-state index contributed by atoms with van der Waals surface area (Å²) in [7, 11) is 0. The molecule has 0 aromatic heterocycles. The Labute approximate surface area is 144 Å². The third-order valence-corrected chi connectivity index (χ3v) is 3.83. The summed E-state index contributed by atoms with van der Waals surface area (Å²) >= 11 is 0. The van der Waals surface area contributed by atoms with Crippen molar-refractivity contribution in [2.24, 2.45) is 0 Å². The van der Waals surface area contributed by atoms with E-state index in [1.807, 2.05) is 44.2 Å². The number of carbonyl (C=O) groups excluding carboxylic acids is 1. The van der Waals surface area contributed by atoms with Crippen LogP contribution in [0.25, 0.3) is 0 Å². The highest BCUT2D eigenvalue weighted by Crippen LogP contribution is 2.14. The van der Waals surface area contributed by atoms with Crippen LogP contribution in [0.1, 0.15) is 23.1 Å². The maximum absolute atomic E-state index is 12.2. The van der Waals surface area contributed by atoms with E-state index >= 15 is 0 Å². The third kappa shape index (κ3) is 6.14. The first-order chi connectivity index (χ1) is 11.6. The SMILES string of the molecule is Cc1cc(C)cc(NC(=O)CCN(CCO)Cc2ccccc2)c1. The van der Waals surface area contributed by atoms with Crippen molar-refractivity contribution >= 4 is 11.6 Å². The predicted molar refractivity (Wildman–Crippen MR) is 98.0 cm³/mol. The number of aliphatic hydroxyl groups excluding tert-OH is 1.